The van der Waals surface area contributed by atoms with Crippen molar-refractivity contribution in [3.63, 3.8) is 0 Å². The molecule has 124 valence electrons. The molecular weight excluding hydrogens is 292 g/mol. The highest BCUT2D eigenvalue weighted by molar-refractivity contribution is 5.85. The van der Waals surface area contributed by atoms with E-state index >= 15 is 0 Å². The van der Waals surface area contributed by atoms with Crippen molar-refractivity contribution in [1.29, 1.82) is 0 Å². The molecule has 0 aromatic heterocycles. The van der Waals surface area contributed by atoms with E-state index in [1.54, 1.807) is 7.11 Å². The Morgan fingerprint density at radius 1 is 1.38 bits per heavy atom. The predicted molar refractivity (Wildman–Crippen MR) is 84.6 cm³/mol. The van der Waals surface area contributed by atoms with Crippen LogP contribution in [0.1, 0.15) is 32.6 Å². The molecule has 0 bridgehead atoms. The maximum atomic E-state index is 12.9. The van der Waals surface area contributed by atoms with Gasteiger partial charge in [-0.1, -0.05) is 0 Å². The Labute approximate surface area is 133 Å². The minimum atomic E-state index is -0.336. The van der Waals surface area contributed by atoms with Crippen LogP contribution in [0.5, 0.6) is 0 Å². The van der Waals surface area contributed by atoms with Crippen LogP contribution in [0.2, 0.25) is 0 Å². The molecule has 0 radical (unpaired) electrons. The van der Waals surface area contributed by atoms with Crippen LogP contribution in [0.25, 0.3) is 0 Å². The Hall–Kier alpha value is -0.360. The molecule has 0 aromatic carbocycles. The van der Waals surface area contributed by atoms with Crippen molar-refractivity contribution in [2.45, 2.75) is 38.7 Å². The number of methoxy groups -OCH3 is 1. The van der Waals surface area contributed by atoms with E-state index in [0.717, 1.165) is 51.9 Å². The van der Waals surface area contributed by atoms with Crippen LogP contribution in [0.4, 0.5) is 0 Å². The number of halogens is 1. The van der Waals surface area contributed by atoms with E-state index in [9.17, 15) is 9.90 Å². The number of aliphatic hydroxyl groups excluding tert-OH is 1. The second-order valence-electron chi connectivity index (χ2n) is 6.33. The fourth-order valence-electron chi connectivity index (χ4n) is 3.52. The molecule has 2 aliphatic rings. The van der Waals surface area contributed by atoms with Gasteiger partial charge in [0.15, 0.2) is 0 Å². The zero-order valence-corrected chi connectivity index (χ0v) is 14.0. The lowest BCUT2D eigenvalue weighted by Crippen LogP contribution is -2.53. The number of rotatable bonds is 4. The third-order valence-corrected chi connectivity index (χ3v) is 4.94. The standard InChI is InChI=1S/C15H28N2O3.ClH/c1-12(18)13-3-9-17(10-4-13)14(19)15(11-20-2)5-7-16-8-6-15;/h12-13,16,18H,3-11H2,1-2H3;1H. The minimum absolute atomic E-state index is 0. The van der Waals surface area contributed by atoms with Gasteiger partial charge in [0.05, 0.1) is 18.1 Å². The van der Waals surface area contributed by atoms with Crippen LogP contribution in [-0.4, -0.2) is 61.9 Å². The summed E-state index contributed by atoms with van der Waals surface area (Å²) in [5.74, 6) is 0.593. The first kappa shape index (κ1) is 18.7. The number of nitrogens with zero attached hydrogens (tertiary/aromatic N) is 1. The molecule has 2 aliphatic heterocycles. The number of carbonyl (C=O) groups is 1. The number of ether oxygens (including phenoxy) is 1. The maximum absolute atomic E-state index is 12.9. The largest absolute Gasteiger partial charge is 0.393 e. The van der Waals surface area contributed by atoms with Crippen molar-refractivity contribution < 1.29 is 14.6 Å². The van der Waals surface area contributed by atoms with Crippen molar-refractivity contribution >= 4 is 18.3 Å². The first-order valence-corrected chi connectivity index (χ1v) is 7.76. The predicted octanol–water partition coefficient (Wildman–Crippen LogP) is 1.04. The molecular formula is C15H29ClN2O3. The van der Waals surface area contributed by atoms with E-state index in [-0.39, 0.29) is 29.8 Å². The van der Waals surface area contributed by atoms with Gasteiger partial charge in [0.1, 0.15) is 0 Å². The third-order valence-electron chi connectivity index (χ3n) is 4.94. The summed E-state index contributed by atoms with van der Waals surface area (Å²) in [5, 5.41) is 13.0. The molecule has 1 amide bonds. The topological polar surface area (TPSA) is 61.8 Å². The summed E-state index contributed by atoms with van der Waals surface area (Å²) in [5.41, 5.74) is -0.336. The van der Waals surface area contributed by atoms with Crippen LogP contribution in [-0.2, 0) is 9.53 Å². The minimum Gasteiger partial charge on any atom is -0.393 e. The van der Waals surface area contributed by atoms with Crippen molar-refractivity contribution in [3.8, 4) is 0 Å². The van der Waals surface area contributed by atoms with Gasteiger partial charge < -0.3 is 20.1 Å². The molecule has 2 heterocycles. The molecule has 2 saturated heterocycles. The van der Waals surface area contributed by atoms with Crippen molar-refractivity contribution in [2.75, 3.05) is 39.9 Å². The Bertz CT molecular complexity index is 319. The summed E-state index contributed by atoms with van der Waals surface area (Å²) >= 11 is 0. The lowest BCUT2D eigenvalue weighted by Gasteiger charge is -2.42. The van der Waals surface area contributed by atoms with Gasteiger partial charge in [-0.2, -0.15) is 0 Å². The molecule has 1 atom stereocenters. The number of piperidine rings is 2. The van der Waals surface area contributed by atoms with E-state index in [2.05, 4.69) is 5.32 Å². The number of hydrogen-bond donors (Lipinski definition) is 2. The van der Waals surface area contributed by atoms with Crippen molar-refractivity contribution in [1.82, 2.24) is 10.2 Å². The number of likely N-dealkylation sites (tertiary alicyclic amines) is 1. The van der Waals surface area contributed by atoms with Crippen LogP contribution in [0.3, 0.4) is 0 Å². The van der Waals surface area contributed by atoms with Crippen LogP contribution in [0, 0.1) is 11.3 Å². The molecule has 0 saturated carbocycles. The summed E-state index contributed by atoms with van der Waals surface area (Å²) in [7, 11) is 1.68. The Morgan fingerprint density at radius 3 is 2.43 bits per heavy atom. The highest BCUT2D eigenvalue weighted by Crippen LogP contribution is 2.33. The monoisotopic (exact) mass is 320 g/mol. The van der Waals surface area contributed by atoms with Gasteiger partial charge in [-0.3, -0.25) is 4.79 Å². The third kappa shape index (κ3) is 4.31. The van der Waals surface area contributed by atoms with E-state index in [1.165, 1.54) is 0 Å². The number of hydrogen-bond acceptors (Lipinski definition) is 4. The van der Waals surface area contributed by atoms with Crippen LogP contribution in [0.15, 0.2) is 0 Å². The molecule has 0 aromatic rings. The van der Waals surface area contributed by atoms with Crippen LogP contribution < -0.4 is 5.32 Å². The summed E-state index contributed by atoms with van der Waals surface area (Å²) < 4.78 is 5.34. The van der Waals surface area contributed by atoms with Crippen molar-refractivity contribution in [2.24, 2.45) is 11.3 Å². The molecule has 2 rings (SSSR count). The second-order valence-corrected chi connectivity index (χ2v) is 6.33. The van der Waals surface area contributed by atoms with Gasteiger partial charge >= 0.3 is 0 Å². The highest BCUT2D eigenvalue weighted by Gasteiger charge is 2.43. The summed E-state index contributed by atoms with van der Waals surface area (Å²) in [6.45, 7) is 5.68. The molecule has 5 nitrogen and oxygen atoms in total. The van der Waals surface area contributed by atoms with E-state index < -0.39 is 0 Å². The maximum Gasteiger partial charge on any atom is 0.231 e. The lowest BCUT2D eigenvalue weighted by molar-refractivity contribution is -0.149. The SMILES string of the molecule is COCC1(C(=O)N2CCC(C(C)O)CC2)CCNCC1.Cl. The average molecular weight is 321 g/mol. The Balaban J connectivity index is 0.00000220. The smallest absolute Gasteiger partial charge is 0.231 e. The number of aliphatic hydroxyl groups is 1. The average Bonchev–Trinajstić information content (AvgIpc) is 2.48. The van der Waals surface area contributed by atoms with E-state index in [4.69, 9.17) is 4.74 Å². The van der Waals surface area contributed by atoms with Gasteiger partial charge in [0, 0.05) is 20.2 Å². The second kappa shape index (κ2) is 8.32. The normalized spacial score (nSPS) is 24.2. The summed E-state index contributed by atoms with van der Waals surface area (Å²) in [6, 6.07) is 0. The fourth-order valence-corrected chi connectivity index (χ4v) is 3.52. The van der Waals surface area contributed by atoms with Gasteiger partial charge in [-0.25, -0.2) is 0 Å². The van der Waals surface area contributed by atoms with Crippen molar-refractivity contribution in [3.05, 3.63) is 0 Å². The first-order valence-electron chi connectivity index (χ1n) is 7.76. The number of carbonyl (C=O) groups excluding carboxylic acids is 1. The van der Waals surface area contributed by atoms with Gasteiger partial charge in [0.2, 0.25) is 5.91 Å². The van der Waals surface area contributed by atoms with Crippen LogP contribution >= 0.6 is 12.4 Å². The number of nitrogens with one attached hydrogen (secondary N) is 1. The molecule has 0 spiro atoms. The van der Waals surface area contributed by atoms with Gasteiger partial charge in [0.25, 0.3) is 0 Å². The molecule has 2 fully saturated rings. The van der Waals surface area contributed by atoms with Gasteiger partial charge in [-0.05, 0) is 51.6 Å². The number of amides is 1. The molecule has 6 heteroatoms. The quantitative estimate of drug-likeness (QED) is 0.812. The Kier molecular flexibility index (Phi) is 7.40. The summed E-state index contributed by atoms with van der Waals surface area (Å²) in [4.78, 5) is 14.9. The molecule has 1 unspecified atom stereocenters. The first-order chi connectivity index (χ1) is 9.59. The highest BCUT2D eigenvalue weighted by atomic mass is 35.5. The molecule has 0 aliphatic carbocycles. The van der Waals surface area contributed by atoms with Gasteiger partial charge in [-0.15, -0.1) is 12.4 Å². The Morgan fingerprint density at radius 2 is 1.95 bits per heavy atom. The summed E-state index contributed by atoms with van der Waals surface area (Å²) in [6.07, 6.45) is 3.26. The fraction of sp³-hybridized carbons (Fsp3) is 0.933. The zero-order chi connectivity index (χ0) is 14.6. The zero-order valence-electron chi connectivity index (χ0n) is 13.1. The molecule has 2 N–H and O–H groups in total. The van der Waals surface area contributed by atoms with E-state index in [1.807, 2.05) is 11.8 Å². The lowest BCUT2D eigenvalue weighted by atomic mass is 9.77. The van der Waals surface area contributed by atoms with E-state index in [0.29, 0.717) is 12.5 Å². The molecule has 21 heavy (non-hydrogen) atoms.